The Labute approximate surface area is 151 Å². The predicted molar refractivity (Wildman–Crippen MR) is 103 cm³/mol. The Hall–Kier alpha value is -0.580. The first-order chi connectivity index (χ1) is 10.1. The summed E-state index contributed by atoms with van der Waals surface area (Å²) in [4.78, 5) is 0. The van der Waals surface area contributed by atoms with Crippen molar-refractivity contribution in [3.8, 4) is 0 Å². The maximum Gasteiger partial charge on any atom is 0.0636 e. The number of halogens is 3. The van der Waals surface area contributed by atoms with Gasteiger partial charge in [-0.1, -0.05) is 58.4 Å². The third-order valence-electron chi connectivity index (χ3n) is 3.52. The summed E-state index contributed by atoms with van der Waals surface area (Å²) in [6, 6.07) is 21.2. The van der Waals surface area contributed by atoms with Crippen LogP contribution in [0.3, 0.4) is 0 Å². The first-order valence-corrected chi connectivity index (χ1v) is 9.01. The van der Waals surface area contributed by atoms with Crippen LogP contribution in [-0.4, -0.2) is 0 Å². The summed E-state index contributed by atoms with van der Waals surface area (Å²) in [5.74, 6) is 0. The number of hydrogen-bond donors (Lipinski definition) is 0. The lowest BCUT2D eigenvalue weighted by atomic mass is 10.0. The van der Waals surface area contributed by atoms with Crippen molar-refractivity contribution in [2.75, 3.05) is 0 Å². The summed E-state index contributed by atoms with van der Waals surface area (Å²) < 4.78 is 2.28. The van der Waals surface area contributed by atoms with Gasteiger partial charge in [0.15, 0.2) is 0 Å². The van der Waals surface area contributed by atoms with Crippen molar-refractivity contribution in [3.05, 3.63) is 79.8 Å². The summed E-state index contributed by atoms with van der Waals surface area (Å²) in [7, 11) is 0. The number of rotatable bonds is 3. The van der Waals surface area contributed by atoms with Crippen LogP contribution < -0.4 is 0 Å². The predicted octanol–water partition coefficient (Wildman–Crippen LogP) is 6.73. The molecule has 106 valence electrons. The molecule has 0 amide bonds. The van der Waals surface area contributed by atoms with Gasteiger partial charge in [-0.3, -0.25) is 0 Å². The fourth-order valence-corrected chi connectivity index (χ4v) is 4.07. The molecule has 3 aromatic rings. The van der Waals surface area contributed by atoms with Crippen LogP contribution in [0.25, 0.3) is 10.8 Å². The fraction of sp³-hybridized carbons (Fsp3) is 0.111. The monoisotopic (exact) mass is 470 g/mol. The third kappa shape index (κ3) is 3.61. The molecule has 0 aromatic heterocycles. The van der Waals surface area contributed by atoms with Gasteiger partial charge in [-0.05, 0) is 69.1 Å². The van der Waals surface area contributed by atoms with Crippen LogP contribution in [0.15, 0.2) is 65.1 Å². The average Bonchev–Trinajstić information content (AvgIpc) is 2.49. The van der Waals surface area contributed by atoms with Crippen LogP contribution in [0, 0.1) is 3.57 Å². The molecule has 3 rings (SSSR count). The summed E-state index contributed by atoms with van der Waals surface area (Å²) in [6.07, 6.45) is 0.832. The number of hydrogen-bond acceptors (Lipinski definition) is 0. The minimum absolute atomic E-state index is 0.0180. The maximum absolute atomic E-state index is 6.64. The SMILES string of the molecule is ClC(Cc1ccc2ccccc2c1)c1cc(Br)ccc1I. The molecular weight excluding hydrogens is 458 g/mol. The van der Waals surface area contributed by atoms with Gasteiger partial charge in [0.25, 0.3) is 0 Å². The van der Waals surface area contributed by atoms with Gasteiger partial charge >= 0.3 is 0 Å². The average molecular weight is 472 g/mol. The van der Waals surface area contributed by atoms with Crippen LogP contribution in [0.5, 0.6) is 0 Å². The lowest BCUT2D eigenvalue weighted by molar-refractivity contribution is 0.914. The van der Waals surface area contributed by atoms with E-state index in [1.54, 1.807) is 0 Å². The second kappa shape index (κ2) is 6.67. The van der Waals surface area contributed by atoms with Gasteiger partial charge in [0.1, 0.15) is 0 Å². The van der Waals surface area contributed by atoms with Crippen LogP contribution in [0.4, 0.5) is 0 Å². The van der Waals surface area contributed by atoms with E-state index in [1.165, 1.54) is 25.5 Å². The molecule has 1 unspecified atom stereocenters. The molecule has 0 aliphatic rings. The molecule has 0 bridgehead atoms. The quantitative estimate of drug-likeness (QED) is 0.294. The van der Waals surface area contributed by atoms with Crippen molar-refractivity contribution >= 4 is 60.9 Å². The second-order valence-electron chi connectivity index (χ2n) is 5.02. The van der Waals surface area contributed by atoms with Crippen LogP contribution in [-0.2, 0) is 6.42 Å². The van der Waals surface area contributed by atoms with Gasteiger partial charge < -0.3 is 0 Å². The molecule has 0 aliphatic carbocycles. The molecule has 0 fully saturated rings. The molecule has 3 aromatic carbocycles. The molecular formula is C18H13BrClI. The van der Waals surface area contributed by atoms with Gasteiger partial charge in [0, 0.05) is 8.04 Å². The van der Waals surface area contributed by atoms with E-state index in [-0.39, 0.29) is 5.38 Å². The zero-order valence-electron chi connectivity index (χ0n) is 11.2. The van der Waals surface area contributed by atoms with E-state index in [0.717, 1.165) is 10.9 Å². The Kier molecular flexibility index (Phi) is 4.87. The highest BCUT2D eigenvalue weighted by Gasteiger charge is 2.13. The molecule has 0 aliphatic heterocycles. The summed E-state index contributed by atoms with van der Waals surface area (Å²) in [6.45, 7) is 0. The highest BCUT2D eigenvalue weighted by atomic mass is 127. The summed E-state index contributed by atoms with van der Waals surface area (Å²) in [5, 5.41) is 2.52. The van der Waals surface area contributed by atoms with Crippen molar-refractivity contribution < 1.29 is 0 Å². The summed E-state index contributed by atoms with van der Waals surface area (Å²) >= 11 is 12.5. The normalized spacial score (nSPS) is 12.5. The van der Waals surface area contributed by atoms with E-state index in [4.69, 9.17) is 11.6 Å². The molecule has 21 heavy (non-hydrogen) atoms. The van der Waals surface area contributed by atoms with Gasteiger partial charge in [0.05, 0.1) is 5.38 Å². The first kappa shape index (κ1) is 15.3. The van der Waals surface area contributed by atoms with Crippen molar-refractivity contribution in [1.82, 2.24) is 0 Å². The van der Waals surface area contributed by atoms with Crippen molar-refractivity contribution in [2.24, 2.45) is 0 Å². The molecule has 0 radical (unpaired) electrons. The minimum atomic E-state index is -0.0180. The van der Waals surface area contributed by atoms with Gasteiger partial charge in [-0.25, -0.2) is 0 Å². The fourth-order valence-electron chi connectivity index (χ4n) is 2.44. The lowest BCUT2D eigenvalue weighted by Gasteiger charge is -2.13. The Balaban J connectivity index is 1.88. The minimum Gasteiger partial charge on any atom is -0.117 e. The largest absolute Gasteiger partial charge is 0.117 e. The Morgan fingerprint density at radius 1 is 0.952 bits per heavy atom. The van der Waals surface area contributed by atoms with E-state index in [2.05, 4.69) is 93.1 Å². The third-order valence-corrected chi connectivity index (χ3v) is 5.39. The Morgan fingerprint density at radius 2 is 1.71 bits per heavy atom. The van der Waals surface area contributed by atoms with Crippen molar-refractivity contribution in [1.29, 1.82) is 0 Å². The van der Waals surface area contributed by atoms with E-state index in [9.17, 15) is 0 Å². The zero-order chi connectivity index (χ0) is 14.8. The number of benzene rings is 3. The molecule has 0 nitrogen and oxygen atoms in total. The smallest absolute Gasteiger partial charge is 0.0636 e. The van der Waals surface area contributed by atoms with Crippen LogP contribution in [0.2, 0.25) is 0 Å². The van der Waals surface area contributed by atoms with E-state index in [1.807, 2.05) is 6.07 Å². The number of alkyl halides is 1. The van der Waals surface area contributed by atoms with Gasteiger partial charge in [-0.15, -0.1) is 11.6 Å². The van der Waals surface area contributed by atoms with Crippen LogP contribution in [0.1, 0.15) is 16.5 Å². The summed E-state index contributed by atoms with van der Waals surface area (Å²) in [5.41, 5.74) is 2.45. The Bertz CT molecular complexity index is 785. The van der Waals surface area contributed by atoms with Crippen molar-refractivity contribution in [3.63, 3.8) is 0 Å². The van der Waals surface area contributed by atoms with Gasteiger partial charge in [-0.2, -0.15) is 0 Å². The lowest BCUT2D eigenvalue weighted by Crippen LogP contribution is -1.98. The Morgan fingerprint density at radius 3 is 2.52 bits per heavy atom. The zero-order valence-corrected chi connectivity index (χ0v) is 15.7. The van der Waals surface area contributed by atoms with Crippen LogP contribution >= 0.6 is 50.1 Å². The first-order valence-electron chi connectivity index (χ1n) is 6.70. The highest BCUT2D eigenvalue weighted by Crippen LogP contribution is 2.31. The van der Waals surface area contributed by atoms with E-state index < -0.39 is 0 Å². The van der Waals surface area contributed by atoms with E-state index >= 15 is 0 Å². The van der Waals surface area contributed by atoms with Crippen molar-refractivity contribution in [2.45, 2.75) is 11.8 Å². The molecule has 0 heterocycles. The molecule has 1 atom stereocenters. The number of fused-ring (bicyclic) bond motifs is 1. The second-order valence-corrected chi connectivity index (χ2v) is 7.62. The molecule has 0 N–H and O–H groups in total. The maximum atomic E-state index is 6.64. The molecule has 0 saturated heterocycles. The standard InChI is InChI=1S/C18H13BrClI/c19-15-7-8-18(21)16(11-15)17(20)10-12-5-6-13-3-1-2-4-14(13)9-12/h1-9,11,17H,10H2. The molecule has 0 saturated carbocycles. The molecule has 0 spiro atoms. The van der Waals surface area contributed by atoms with Gasteiger partial charge in [0.2, 0.25) is 0 Å². The molecule has 3 heteroatoms. The topological polar surface area (TPSA) is 0 Å². The van der Waals surface area contributed by atoms with E-state index in [0.29, 0.717) is 0 Å². The highest BCUT2D eigenvalue weighted by molar-refractivity contribution is 14.1.